The van der Waals surface area contributed by atoms with E-state index in [1.54, 1.807) is 5.57 Å². The molecule has 0 unspecified atom stereocenters. The molecule has 0 nitrogen and oxygen atoms in total. The van der Waals surface area contributed by atoms with E-state index in [4.69, 9.17) is 0 Å². The monoisotopic (exact) mass is 202 g/mol. The first-order valence-electron chi connectivity index (χ1n) is 6.11. The van der Waals surface area contributed by atoms with Gasteiger partial charge in [0.1, 0.15) is 0 Å². The van der Waals surface area contributed by atoms with Gasteiger partial charge in [0.05, 0.1) is 0 Å². The van der Waals surface area contributed by atoms with Crippen molar-refractivity contribution in [3.63, 3.8) is 0 Å². The molecule has 0 heteroatoms. The van der Waals surface area contributed by atoms with Crippen LogP contribution in [-0.4, -0.2) is 0 Å². The van der Waals surface area contributed by atoms with Crippen molar-refractivity contribution in [3.05, 3.63) is 35.5 Å². The predicted octanol–water partition coefficient (Wildman–Crippen LogP) is 4.65. The third-order valence-corrected chi connectivity index (χ3v) is 4.45. The first-order chi connectivity index (χ1) is 7.06. The zero-order valence-corrected chi connectivity index (χ0v) is 10.3. The lowest BCUT2D eigenvalue weighted by Crippen LogP contribution is -2.28. The van der Waals surface area contributed by atoms with E-state index in [9.17, 15) is 0 Å². The maximum absolute atomic E-state index is 4.08. The summed E-state index contributed by atoms with van der Waals surface area (Å²) >= 11 is 0. The minimum absolute atomic E-state index is 0.381. The van der Waals surface area contributed by atoms with Gasteiger partial charge in [-0.05, 0) is 51.0 Å². The van der Waals surface area contributed by atoms with Gasteiger partial charge in [-0.3, -0.25) is 0 Å². The Morgan fingerprint density at radius 3 is 2.80 bits per heavy atom. The molecule has 2 atom stereocenters. The summed E-state index contributed by atoms with van der Waals surface area (Å²) < 4.78 is 0. The van der Waals surface area contributed by atoms with E-state index >= 15 is 0 Å². The summed E-state index contributed by atoms with van der Waals surface area (Å²) in [6, 6.07) is 0. The first-order valence-corrected chi connectivity index (χ1v) is 6.11. The topological polar surface area (TPSA) is 0 Å². The third kappa shape index (κ3) is 1.60. The zero-order valence-electron chi connectivity index (χ0n) is 10.3. The van der Waals surface area contributed by atoms with E-state index in [1.165, 1.54) is 36.8 Å². The highest BCUT2D eigenvalue weighted by Gasteiger charge is 2.40. The van der Waals surface area contributed by atoms with Crippen molar-refractivity contribution in [2.24, 2.45) is 11.3 Å². The van der Waals surface area contributed by atoms with Crippen molar-refractivity contribution >= 4 is 0 Å². The van der Waals surface area contributed by atoms with Gasteiger partial charge in [0.25, 0.3) is 0 Å². The van der Waals surface area contributed by atoms with Crippen LogP contribution in [0.2, 0.25) is 0 Å². The summed E-state index contributed by atoms with van der Waals surface area (Å²) in [6.45, 7) is 10.9. The zero-order chi connectivity index (χ0) is 11.1. The van der Waals surface area contributed by atoms with Crippen LogP contribution in [0.15, 0.2) is 35.5 Å². The number of rotatable bonds is 1. The third-order valence-electron chi connectivity index (χ3n) is 4.45. The van der Waals surface area contributed by atoms with Gasteiger partial charge in [0, 0.05) is 5.41 Å². The maximum Gasteiger partial charge on any atom is 0.0123 e. The fraction of sp³-hybridized carbons (Fsp3) is 0.600. The summed E-state index contributed by atoms with van der Waals surface area (Å²) in [4.78, 5) is 0. The van der Waals surface area contributed by atoms with Crippen molar-refractivity contribution in [2.75, 3.05) is 0 Å². The molecule has 0 saturated heterocycles. The molecule has 1 spiro atoms. The molecule has 0 heterocycles. The normalized spacial score (nSPS) is 35.3. The minimum Gasteiger partial charge on any atom is -0.0958 e. The minimum atomic E-state index is 0.381. The van der Waals surface area contributed by atoms with E-state index in [0.717, 1.165) is 5.92 Å². The number of allylic oxidation sites excluding steroid dienone is 5. The van der Waals surface area contributed by atoms with E-state index in [2.05, 4.69) is 39.5 Å². The second kappa shape index (κ2) is 3.66. The summed E-state index contributed by atoms with van der Waals surface area (Å²) in [7, 11) is 0. The van der Waals surface area contributed by atoms with Crippen LogP contribution in [0.5, 0.6) is 0 Å². The maximum atomic E-state index is 4.08. The Balaban J connectivity index is 2.38. The molecule has 82 valence electrons. The van der Waals surface area contributed by atoms with Crippen LogP contribution in [0.1, 0.15) is 46.5 Å². The average molecular weight is 202 g/mol. The molecule has 0 aromatic carbocycles. The summed E-state index contributed by atoms with van der Waals surface area (Å²) in [5.41, 5.74) is 4.73. The van der Waals surface area contributed by atoms with Crippen LogP contribution in [0.4, 0.5) is 0 Å². The Labute approximate surface area is 93.8 Å². The summed E-state index contributed by atoms with van der Waals surface area (Å²) in [6.07, 6.45) is 10.1. The highest BCUT2D eigenvalue weighted by atomic mass is 14.4. The van der Waals surface area contributed by atoms with Crippen molar-refractivity contribution < 1.29 is 0 Å². The van der Waals surface area contributed by atoms with Gasteiger partial charge in [0.2, 0.25) is 0 Å². The molecule has 0 saturated carbocycles. The van der Waals surface area contributed by atoms with Gasteiger partial charge < -0.3 is 0 Å². The van der Waals surface area contributed by atoms with Crippen LogP contribution >= 0.6 is 0 Å². The molecule has 2 aliphatic carbocycles. The molecule has 0 bridgehead atoms. The van der Waals surface area contributed by atoms with E-state index < -0.39 is 0 Å². The van der Waals surface area contributed by atoms with E-state index in [0.29, 0.717) is 5.41 Å². The van der Waals surface area contributed by atoms with Crippen molar-refractivity contribution in [1.82, 2.24) is 0 Å². The van der Waals surface area contributed by atoms with Crippen LogP contribution < -0.4 is 0 Å². The molecule has 0 aliphatic heterocycles. The summed E-state index contributed by atoms with van der Waals surface area (Å²) in [5.74, 6) is 0.805. The fourth-order valence-corrected chi connectivity index (χ4v) is 3.22. The molecule has 0 aromatic heterocycles. The Bertz CT molecular complexity index is 343. The van der Waals surface area contributed by atoms with Gasteiger partial charge >= 0.3 is 0 Å². The molecule has 0 amide bonds. The predicted molar refractivity (Wildman–Crippen MR) is 66.7 cm³/mol. The lowest BCUT2D eigenvalue weighted by Gasteiger charge is -2.38. The standard InChI is InChI=1S/C15H22/c1-11(2)14-8-9-15(10-14)12(3)6-5-7-13(15)4/h6,10,13H,1,5,7-9H2,2-4H3/t13-,15-/m1/s1. The molecule has 0 radical (unpaired) electrons. The molecule has 0 fully saturated rings. The van der Waals surface area contributed by atoms with Gasteiger partial charge in [-0.2, -0.15) is 0 Å². The highest BCUT2D eigenvalue weighted by molar-refractivity contribution is 5.39. The van der Waals surface area contributed by atoms with Crippen LogP contribution in [0.25, 0.3) is 0 Å². The number of hydrogen-bond donors (Lipinski definition) is 0. The van der Waals surface area contributed by atoms with E-state index in [1.807, 2.05) is 0 Å². The van der Waals surface area contributed by atoms with Crippen LogP contribution in [0, 0.1) is 11.3 Å². The largest absolute Gasteiger partial charge is 0.0958 e. The summed E-state index contributed by atoms with van der Waals surface area (Å²) in [5, 5.41) is 0. The molecular weight excluding hydrogens is 180 g/mol. The Kier molecular flexibility index (Phi) is 2.62. The lowest BCUT2D eigenvalue weighted by atomic mass is 9.66. The highest BCUT2D eigenvalue weighted by Crippen LogP contribution is 2.52. The van der Waals surface area contributed by atoms with Crippen LogP contribution in [0.3, 0.4) is 0 Å². The molecule has 0 N–H and O–H groups in total. The first kappa shape index (κ1) is 10.7. The van der Waals surface area contributed by atoms with Gasteiger partial charge in [-0.1, -0.05) is 36.8 Å². The smallest absolute Gasteiger partial charge is 0.0123 e. The molecule has 0 aromatic rings. The molecule has 2 aliphatic rings. The fourth-order valence-electron chi connectivity index (χ4n) is 3.22. The lowest BCUT2D eigenvalue weighted by molar-refractivity contribution is 0.265. The average Bonchev–Trinajstić information content (AvgIpc) is 2.61. The Morgan fingerprint density at radius 1 is 1.53 bits per heavy atom. The van der Waals surface area contributed by atoms with Gasteiger partial charge in [0.15, 0.2) is 0 Å². The van der Waals surface area contributed by atoms with Gasteiger partial charge in [-0.15, -0.1) is 0 Å². The van der Waals surface area contributed by atoms with Crippen molar-refractivity contribution in [2.45, 2.75) is 46.5 Å². The van der Waals surface area contributed by atoms with E-state index in [-0.39, 0.29) is 0 Å². The van der Waals surface area contributed by atoms with Crippen molar-refractivity contribution in [1.29, 1.82) is 0 Å². The molecule has 15 heavy (non-hydrogen) atoms. The van der Waals surface area contributed by atoms with Crippen LogP contribution in [-0.2, 0) is 0 Å². The SMILES string of the molecule is C=C(C)C1=C[C@]2(CC1)C(C)=CCC[C@H]2C. The number of hydrogen-bond acceptors (Lipinski definition) is 0. The quantitative estimate of drug-likeness (QED) is 0.543. The Morgan fingerprint density at radius 2 is 2.27 bits per heavy atom. The molecule has 2 rings (SSSR count). The second-order valence-corrected chi connectivity index (χ2v) is 5.36. The van der Waals surface area contributed by atoms with Crippen molar-refractivity contribution in [3.8, 4) is 0 Å². The Hall–Kier alpha value is -0.780. The molecular formula is C15H22. The second-order valence-electron chi connectivity index (χ2n) is 5.36. The van der Waals surface area contributed by atoms with Gasteiger partial charge in [-0.25, -0.2) is 0 Å².